The molecule has 48 valence electrons. The minimum atomic E-state index is -0.0336. The Hall–Kier alpha value is -0.790. The minimum absolute atomic E-state index is 0.0336. The first-order valence-corrected chi connectivity index (χ1v) is 3.25. The fraction of sp³-hybridized carbons (Fsp3) is 0.571. The third-order valence-corrected chi connectivity index (χ3v) is 1.89. The van der Waals surface area contributed by atoms with Gasteiger partial charge in [0.1, 0.15) is 6.10 Å². The molecule has 0 spiro atoms. The smallest absolute Gasteiger partial charge is 0.313 e. The van der Waals surface area contributed by atoms with Gasteiger partial charge in [-0.05, 0) is 18.9 Å². The van der Waals surface area contributed by atoms with E-state index in [0.717, 1.165) is 12.8 Å². The molecule has 2 heteroatoms. The van der Waals surface area contributed by atoms with Crippen LogP contribution in [0.2, 0.25) is 0 Å². The number of carbonyl (C=O) groups is 1. The highest BCUT2D eigenvalue weighted by Gasteiger charge is 2.30. The summed E-state index contributed by atoms with van der Waals surface area (Å²) in [6.45, 7) is 0. The van der Waals surface area contributed by atoms with Gasteiger partial charge in [0.05, 0.1) is 5.92 Å². The van der Waals surface area contributed by atoms with Gasteiger partial charge in [0, 0.05) is 0 Å². The molecule has 0 aromatic rings. The van der Waals surface area contributed by atoms with Crippen LogP contribution in [0, 0.1) is 5.92 Å². The van der Waals surface area contributed by atoms with Gasteiger partial charge in [-0.15, -0.1) is 0 Å². The van der Waals surface area contributed by atoms with Crippen LogP contribution >= 0.6 is 0 Å². The van der Waals surface area contributed by atoms with Crippen molar-refractivity contribution in [2.75, 3.05) is 0 Å². The van der Waals surface area contributed by atoms with E-state index in [4.69, 9.17) is 4.74 Å². The average Bonchev–Trinajstić information content (AvgIpc) is 1.90. The summed E-state index contributed by atoms with van der Waals surface area (Å²) in [4.78, 5) is 10.8. The lowest BCUT2D eigenvalue weighted by molar-refractivity contribution is -0.156. The van der Waals surface area contributed by atoms with Crippen LogP contribution in [0.4, 0.5) is 0 Å². The molecule has 0 amide bonds. The number of hydrogen-bond donors (Lipinski definition) is 0. The largest absolute Gasteiger partial charge is 0.458 e. The predicted octanol–water partition coefficient (Wildman–Crippen LogP) is 0.878. The summed E-state index contributed by atoms with van der Waals surface area (Å²) in [7, 11) is 0. The Morgan fingerprint density at radius 3 is 2.56 bits per heavy atom. The van der Waals surface area contributed by atoms with Gasteiger partial charge in [0.15, 0.2) is 0 Å². The van der Waals surface area contributed by atoms with Crippen LogP contribution in [-0.4, -0.2) is 12.1 Å². The normalized spacial score (nSPS) is 38.9. The van der Waals surface area contributed by atoms with Crippen molar-refractivity contribution >= 4 is 5.97 Å². The van der Waals surface area contributed by atoms with E-state index in [2.05, 4.69) is 0 Å². The zero-order chi connectivity index (χ0) is 6.27. The fourth-order valence-corrected chi connectivity index (χ4v) is 1.33. The summed E-state index contributed by atoms with van der Waals surface area (Å²) in [6, 6.07) is 0. The van der Waals surface area contributed by atoms with Crippen molar-refractivity contribution < 1.29 is 9.53 Å². The van der Waals surface area contributed by atoms with Crippen LogP contribution in [0.25, 0.3) is 0 Å². The fourth-order valence-electron chi connectivity index (χ4n) is 1.33. The standard InChI is InChI=1S/C7H8O2/c8-7-5-1-3-6(9-7)4-2-5/h1,3,5-6H,2,4H2/t5-,6+/m1/s1. The molecule has 2 atom stereocenters. The highest BCUT2D eigenvalue weighted by atomic mass is 16.5. The molecule has 0 saturated carbocycles. The SMILES string of the molecule is O=C1O[C@H]2C=C[C@@H]1CC2. The van der Waals surface area contributed by atoms with Crippen molar-refractivity contribution in [1.82, 2.24) is 0 Å². The summed E-state index contributed by atoms with van der Waals surface area (Å²) >= 11 is 0. The molecular formula is C7H8O2. The summed E-state index contributed by atoms with van der Waals surface area (Å²) < 4.78 is 4.96. The Labute approximate surface area is 53.5 Å². The lowest BCUT2D eigenvalue weighted by atomic mass is 9.91. The van der Waals surface area contributed by atoms with Gasteiger partial charge in [0.2, 0.25) is 0 Å². The molecule has 0 unspecified atom stereocenters. The Morgan fingerprint density at radius 1 is 1.44 bits per heavy atom. The van der Waals surface area contributed by atoms with Crippen LogP contribution in [0.3, 0.4) is 0 Å². The monoisotopic (exact) mass is 124 g/mol. The summed E-state index contributed by atoms with van der Waals surface area (Å²) in [5.74, 6) is 0.0451. The van der Waals surface area contributed by atoms with Gasteiger partial charge >= 0.3 is 5.97 Å². The number of esters is 1. The number of carbonyl (C=O) groups excluding carboxylic acids is 1. The lowest BCUT2D eigenvalue weighted by Gasteiger charge is -2.29. The van der Waals surface area contributed by atoms with Gasteiger partial charge in [-0.2, -0.15) is 0 Å². The van der Waals surface area contributed by atoms with Crippen LogP contribution in [-0.2, 0) is 9.53 Å². The Morgan fingerprint density at radius 2 is 2.33 bits per heavy atom. The molecule has 1 aliphatic carbocycles. The third-order valence-electron chi connectivity index (χ3n) is 1.89. The minimum Gasteiger partial charge on any atom is -0.458 e. The zero-order valence-electron chi connectivity index (χ0n) is 5.04. The van der Waals surface area contributed by atoms with Crippen LogP contribution in [0.1, 0.15) is 12.8 Å². The Balaban J connectivity index is 2.29. The highest BCUT2D eigenvalue weighted by Crippen LogP contribution is 2.27. The summed E-state index contributed by atoms with van der Waals surface area (Å²) in [6.07, 6.45) is 6.05. The molecule has 0 radical (unpaired) electrons. The van der Waals surface area contributed by atoms with E-state index >= 15 is 0 Å². The molecule has 1 fully saturated rings. The summed E-state index contributed by atoms with van der Waals surface area (Å²) in [5, 5.41) is 0. The van der Waals surface area contributed by atoms with Gasteiger partial charge < -0.3 is 4.74 Å². The first-order chi connectivity index (χ1) is 4.36. The summed E-state index contributed by atoms with van der Waals surface area (Å²) in [5.41, 5.74) is 0. The highest BCUT2D eigenvalue weighted by molar-refractivity contribution is 5.76. The molecular weight excluding hydrogens is 116 g/mol. The second kappa shape index (κ2) is 1.59. The molecule has 2 heterocycles. The first kappa shape index (κ1) is 5.03. The van der Waals surface area contributed by atoms with Gasteiger partial charge in [0.25, 0.3) is 0 Å². The quantitative estimate of drug-likeness (QED) is 0.354. The van der Waals surface area contributed by atoms with Gasteiger partial charge in [-0.3, -0.25) is 4.79 Å². The number of fused-ring (bicyclic) bond motifs is 2. The van der Waals surface area contributed by atoms with Crippen molar-refractivity contribution in [2.24, 2.45) is 5.92 Å². The molecule has 0 aromatic heterocycles. The van der Waals surface area contributed by atoms with Crippen LogP contribution < -0.4 is 0 Å². The second-order valence-corrected chi connectivity index (χ2v) is 2.54. The van der Waals surface area contributed by atoms with E-state index in [1.54, 1.807) is 0 Å². The van der Waals surface area contributed by atoms with Crippen molar-refractivity contribution in [3.05, 3.63) is 12.2 Å². The zero-order valence-corrected chi connectivity index (χ0v) is 5.04. The van der Waals surface area contributed by atoms with E-state index in [9.17, 15) is 4.79 Å². The maximum Gasteiger partial charge on any atom is 0.313 e. The lowest BCUT2D eigenvalue weighted by Crippen LogP contribution is -2.32. The number of hydrogen-bond acceptors (Lipinski definition) is 2. The van der Waals surface area contributed by atoms with Gasteiger partial charge in [-0.25, -0.2) is 0 Å². The molecule has 3 rings (SSSR count). The first-order valence-electron chi connectivity index (χ1n) is 3.25. The molecule has 3 aliphatic rings. The molecule has 2 nitrogen and oxygen atoms in total. The maximum atomic E-state index is 10.8. The molecule has 1 saturated heterocycles. The van der Waals surface area contributed by atoms with Crippen molar-refractivity contribution in [3.63, 3.8) is 0 Å². The maximum absolute atomic E-state index is 10.8. The number of ether oxygens (including phenoxy) is 1. The molecule has 2 bridgehead atoms. The molecule has 0 aromatic carbocycles. The average molecular weight is 124 g/mol. The van der Waals surface area contributed by atoms with Crippen molar-refractivity contribution in [3.8, 4) is 0 Å². The Bertz CT molecular complexity index is 172. The van der Waals surface area contributed by atoms with Crippen LogP contribution in [0.15, 0.2) is 12.2 Å². The molecule has 0 N–H and O–H groups in total. The van der Waals surface area contributed by atoms with E-state index in [1.807, 2.05) is 12.2 Å². The van der Waals surface area contributed by atoms with E-state index < -0.39 is 0 Å². The van der Waals surface area contributed by atoms with Crippen molar-refractivity contribution in [2.45, 2.75) is 18.9 Å². The second-order valence-electron chi connectivity index (χ2n) is 2.54. The van der Waals surface area contributed by atoms with E-state index in [1.165, 1.54) is 0 Å². The predicted molar refractivity (Wildman–Crippen MR) is 31.7 cm³/mol. The van der Waals surface area contributed by atoms with Gasteiger partial charge in [-0.1, -0.05) is 6.08 Å². The van der Waals surface area contributed by atoms with E-state index in [0.29, 0.717) is 0 Å². The molecule has 9 heavy (non-hydrogen) atoms. The van der Waals surface area contributed by atoms with E-state index in [-0.39, 0.29) is 18.0 Å². The van der Waals surface area contributed by atoms with Crippen molar-refractivity contribution in [1.29, 1.82) is 0 Å². The molecule has 2 aliphatic heterocycles. The van der Waals surface area contributed by atoms with Crippen LogP contribution in [0.5, 0.6) is 0 Å². The third kappa shape index (κ3) is 0.661. The topological polar surface area (TPSA) is 26.3 Å². The number of rotatable bonds is 0. The Kier molecular flexibility index (Phi) is 0.891.